The van der Waals surface area contributed by atoms with Crippen molar-refractivity contribution in [3.8, 4) is 0 Å². The van der Waals surface area contributed by atoms with E-state index in [0.29, 0.717) is 0 Å². The first-order chi connectivity index (χ1) is 8.29. The van der Waals surface area contributed by atoms with Gasteiger partial charge in [-0.1, -0.05) is 0 Å². The summed E-state index contributed by atoms with van der Waals surface area (Å²) in [7, 11) is 0. The number of pyridine rings is 1. The lowest BCUT2D eigenvalue weighted by Gasteiger charge is -2.33. The molecule has 0 amide bonds. The van der Waals surface area contributed by atoms with E-state index in [0.717, 1.165) is 37.6 Å². The average Bonchev–Trinajstić information content (AvgIpc) is 2.74. The van der Waals surface area contributed by atoms with Crippen LogP contribution in [0.4, 0.5) is 11.5 Å². The molecule has 1 aromatic heterocycles. The van der Waals surface area contributed by atoms with Gasteiger partial charge in [0, 0.05) is 25.9 Å². The summed E-state index contributed by atoms with van der Waals surface area (Å²) in [6, 6.07) is 3.79. The molecule has 0 radical (unpaired) electrons. The van der Waals surface area contributed by atoms with Crippen LogP contribution in [0.3, 0.4) is 0 Å². The van der Waals surface area contributed by atoms with Crippen molar-refractivity contribution in [2.45, 2.75) is 31.3 Å². The standard InChI is InChI=1S/C13H19N3O/c14-11-4-3-7-15-12(11)16-8-6-13(10-16)5-1-2-9-17-13/h3-4,7H,1-2,5-6,8-10,14H2/t13-/m1/s1. The van der Waals surface area contributed by atoms with Crippen LogP contribution in [0.15, 0.2) is 18.3 Å². The third kappa shape index (κ3) is 1.97. The first-order valence-corrected chi connectivity index (χ1v) is 6.39. The second kappa shape index (κ2) is 4.18. The fourth-order valence-corrected chi connectivity index (χ4v) is 2.93. The van der Waals surface area contributed by atoms with Gasteiger partial charge in [-0.2, -0.15) is 0 Å². The Bertz CT molecular complexity index is 401. The highest BCUT2D eigenvalue weighted by Gasteiger charge is 2.40. The average molecular weight is 233 g/mol. The highest BCUT2D eigenvalue weighted by molar-refractivity contribution is 5.62. The summed E-state index contributed by atoms with van der Waals surface area (Å²) in [4.78, 5) is 6.65. The Morgan fingerprint density at radius 3 is 3.06 bits per heavy atom. The van der Waals surface area contributed by atoms with E-state index in [1.54, 1.807) is 6.20 Å². The number of nitrogens with zero attached hydrogens (tertiary/aromatic N) is 2. The quantitative estimate of drug-likeness (QED) is 0.803. The smallest absolute Gasteiger partial charge is 0.151 e. The minimum Gasteiger partial charge on any atom is -0.396 e. The van der Waals surface area contributed by atoms with E-state index in [-0.39, 0.29) is 5.60 Å². The molecule has 2 N–H and O–H groups in total. The summed E-state index contributed by atoms with van der Waals surface area (Å²) in [6.45, 7) is 2.85. The molecule has 1 aromatic rings. The van der Waals surface area contributed by atoms with Crippen molar-refractivity contribution in [3.63, 3.8) is 0 Å². The van der Waals surface area contributed by atoms with E-state index in [9.17, 15) is 0 Å². The lowest BCUT2D eigenvalue weighted by Crippen LogP contribution is -2.39. The number of nitrogens with two attached hydrogens (primary N) is 1. The molecule has 1 spiro atoms. The number of ether oxygens (including phenoxy) is 1. The summed E-state index contributed by atoms with van der Waals surface area (Å²) < 4.78 is 6.01. The van der Waals surface area contributed by atoms with Gasteiger partial charge >= 0.3 is 0 Å². The zero-order valence-electron chi connectivity index (χ0n) is 10.1. The molecule has 2 aliphatic heterocycles. The molecular formula is C13H19N3O. The molecule has 0 bridgehead atoms. The Labute approximate surface area is 102 Å². The predicted molar refractivity (Wildman–Crippen MR) is 68.0 cm³/mol. The molecule has 2 saturated heterocycles. The van der Waals surface area contributed by atoms with Gasteiger partial charge in [-0.05, 0) is 37.8 Å². The van der Waals surface area contributed by atoms with Gasteiger partial charge in [0.05, 0.1) is 11.3 Å². The molecule has 0 aromatic carbocycles. The summed E-state index contributed by atoms with van der Waals surface area (Å²) in [5.74, 6) is 0.915. The van der Waals surface area contributed by atoms with Crippen LogP contribution >= 0.6 is 0 Å². The molecule has 1 atom stereocenters. The first-order valence-electron chi connectivity index (χ1n) is 6.39. The second-order valence-corrected chi connectivity index (χ2v) is 5.08. The highest BCUT2D eigenvalue weighted by Crippen LogP contribution is 2.36. The zero-order valence-corrected chi connectivity index (χ0v) is 10.1. The van der Waals surface area contributed by atoms with E-state index in [1.165, 1.54) is 19.3 Å². The molecular weight excluding hydrogens is 214 g/mol. The second-order valence-electron chi connectivity index (χ2n) is 5.08. The van der Waals surface area contributed by atoms with Crippen molar-refractivity contribution in [1.82, 2.24) is 4.98 Å². The van der Waals surface area contributed by atoms with Crippen LogP contribution in [0.5, 0.6) is 0 Å². The third-order valence-electron chi connectivity index (χ3n) is 3.87. The number of rotatable bonds is 1. The van der Waals surface area contributed by atoms with Crippen LogP contribution in [0.1, 0.15) is 25.7 Å². The Hall–Kier alpha value is -1.29. The van der Waals surface area contributed by atoms with Crippen molar-refractivity contribution in [2.75, 3.05) is 30.3 Å². The molecule has 0 aliphatic carbocycles. The van der Waals surface area contributed by atoms with E-state index in [1.807, 2.05) is 12.1 Å². The highest BCUT2D eigenvalue weighted by atomic mass is 16.5. The molecule has 4 heteroatoms. The van der Waals surface area contributed by atoms with Crippen LogP contribution in [-0.4, -0.2) is 30.3 Å². The van der Waals surface area contributed by atoms with Gasteiger partial charge < -0.3 is 15.4 Å². The largest absolute Gasteiger partial charge is 0.396 e. The lowest BCUT2D eigenvalue weighted by atomic mass is 9.93. The Balaban J connectivity index is 1.77. The van der Waals surface area contributed by atoms with E-state index in [4.69, 9.17) is 10.5 Å². The van der Waals surface area contributed by atoms with Crippen LogP contribution in [0.2, 0.25) is 0 Å². The van der Waals surface area contributed by atoms with Gasteiger partial charge in [-0.15, -0.1) is 0 Å². The van der Waals surface area contributed by atoms with E-state index < -0.39 is 0 Å². The molecule has 3 heterocycles. The van der Waals surface area contributed by atoms with Crippen molar-refractivity contribution in [1.29, 1.82) is 0 Å². The van der Waals surface area contributed by atoms with Crippen molar-refractivity contribution >= 4 is 11.5 Å². The van der Waals surface area contributed by atoms with Crippen LogP contribution in [0, 0.1) is 0 Å². The van der Waals surface area contributed by atoms with Gasteiger partial charge in [0.1, 0.15) is 0 Å². The minimum atomic E-state index is 0.0716. The molecule has 3 rings (SSSR count). The summed E-state index contributed by atoms with van der Waals surface area (Å²) in [5.41, 5.74) is 6.81. The van der Waals surface area contributed by atoms with Crippen LogP contribution < -0.4 is 10.6 Å². The predicted octanol–water partition coefficient (Wildman–Crippen LogP) is 1.81. The molecule has 2 fully saturated rings. The monoisotopic (exact) mass is 233 g/mol. The summed E-state index contributed by atoms with van der Waals surface area (Å²) in [6.07, 6.45) is 6.57. The van der Waals surface area contributed by atoms with Gasteiger partial charge in [0.25, 0.3) is 0 Å². The maximum Gasteiger partial charge on any atom is 0.151 e. The minimum absolute atomic E-state index is 0.0716. The van der Waals surface area contributed by atoms with Crippen molar-refractivity contribution in [2.24, 2.45) is 0 Å². The Morgan fingerprint density at radius 1 is 1.35 bits per heavy atom. The number of hydrogen-bond acceptors (Lipinski definition) is 4. The lowest BCUT2D eigenvalue weighted by molar-refractivity contribution is -0.0621. The molecule has 2 aliphatic rings. The van der Waals surface area contributed by atoms with Crippen molar-refractivity contribution < 1.29 is 4.74 Å². The van der Waals surface area contributed by atoms with E-state index >= 15 is 0 Å². The van der Waals surface area contributed by atoms with Gasteiger partial charge in [0.2, 0.25) is 0 Å². The van der Waals surface area contributed by atoms with Crippen molar-refractivity contribution in [3.05, 3.63) is 18.3 Å². The Morgan fingerprint density at radius 2 is 2.29 bits per heavy atom. The summed E-state index contributed by atoms with van der Waals surface area (Å²) >= 11 is 0. The zero-order chi connectivity index (χ0) is 11.7. The Kier molecular flexibility index (Phi) is 2.67. The number of hydrogen-bond donors (Lipinski definition) is 1. The fraction of sp³-hybridized carbons (Fsp3) is 0.615. The summed E-state index contributed by atoms with van der Waals surface area (Å²) in [5, 5.41) is 0. The van der Waals surface area contributed by atoms with Gasteiger partial charge in [0.15, 0.2) is 5.82 Å². The van der Waals surface area contributed by atoms with Gasteiger partial charge in [-0.25, -0.2) is 4.98 Å². The number of aromatic nitrogens is 1. The third-order valence-corrected chi connectivity index (χ3v) is 3.87. The number of nitrogen functional groups attached to an aromatic ring is 1. The normalized spacial score (nSPS) is 28.8. The first kappa shape index (κ1) is 10.8. The van der Waals surface area contributed by atoms with Crippen LogP contribution in [0.25, 0.3) is 0 Å². The number of anilines is 2. The van der Waals surface area contributed by atoms with Crippen LogP contribution in [-0.2, 0) is 4.74 Å². The molecule has 17 heavy (non-hydrogen) atoms. The van der Waals surface area contributed by atoms with Gasteiger partial charge in [-0.3, -0.25) is 0 Å². The maximum atomic E-state index is 6.01. The molecule has 0 unspecified atom stereocenters. The van der Waals surface area contributed by atoms with E-state index in [2.05, 4.69) is 9.88 Å². The maximum absolute atomic E-state index is 6.01. The molecule has 92 valence electrons. The topological polar surface area (TPSA) is 51.4 Å². The SMILES string of the molecule is Nc1cccnc1N1CC[C@]2(CCCCO2)C1. The fourth-order valence-electron chi connectivity index (χ4n) is 2.93. The molecule has 4 nitrogen and oxygen atoms in total. The molecule has 0 saturated carbocycles.